The lowest BCUT2D eigenvalue weighted by molar-refractivity contribution is -0.116. The number of rotatable bonds is 4. The van der Waals surface area contributed by atoms with Gasteiger partial charge in [-0.05, 0) is 18.2 Å². The number of aromatic nitrogens is 3. The largest absolute Gasteiger partial charge is 0.478 e. The fraction of sp³-hybridized carbons (Fsp3) is 0.0909. The van der Waals surface area contributed by atoms with Crippen LogP contribution in [-0.4, -0.2) is 32.0 Å². The molecule has 0 bridgehead atoms. The quantitative estimate of drug-likeness (QED) is 0.879. The number of benzene rings is 1. The summed E-state index contributed by atoms with van der Waals surface area (Å²) in [5.41, 5.74) is 0.399. The number of carboxylic acids is 1. The molecule has 98 valence electrons. The van der Waals surface area contributed by atoms with E-state index in [0.717, 1.165) is 0 Å². The monoisotopic (exact) mass is 280 g/mol. The number of carboxylic acid groups (broad SMARTS) is 1. The number of aromatic carboxylic acids is 1. The molecule has 2 N–H and O–H groups in total. The Morgan fingerprint density at radius 2 is 2.21 bits per heavy atom. The van der Waals surface area contributed by atoms with E-state index in [2.05, 4.69) is 15.6 Å². The minimum atomic E-state index is -1.12. The average molecular weight is 281 g/mol. The minimum absolute atomic E-state index is 0.0122. The Bertz CT molecular complexity index is 612. The molecule has 0 radical (unpaired) electrons. The van der Waals surface area contributed by atoms with Crippen molar-refractivity contribution in [1.82, 2.24) is 15.0 Å². The zero-order valence-electron chi connectivity index (χ0n) is 9.58. The van der Waals surface area contributed by atoms with Gasteiger partial charge in [0.1, 0.15) is 6.54 Å². The van der Waals surface area contributed by atoms with Gasteiger partial charge in [-0.15, -0.1) is 5.10 Å². The van der Waals surface area contributed by atoms with Gasteiger partial charge in [0.15, 0.2) is 0 Å². The number of hydrogen-bond acceptors (Lipinski definition) is 4. The SMILES string of the molecule is O=C(Cn1ccnn1)Nc1ccc(C(=O)O)c(Cl)c1. The Morgan fingerprint density at radius 1 is 1.42 bits per heavy atom. The third-order valence-electron chi connectivity index (χ3n) is 2.26. The smallest absolute Gasteiger partial charge is 0.337 e. The van der Waals surface area contributed by atoms with E-state index in [1.54, 1.807) is 6.20 Å². The number of amides is 1. The van der Waals surface area contributed by atoms with Crippen LogP contribution in [0.4, 0.5) is 5.69 Å². The molecule has 19 heavy (non-hydrogen) atoms. The molecule has 0 fully saturated rings. The Kier molecular flexibility index (Phi) is 3.76. The maximum absolute atomic E-state index is 11.7. The number of nitrogens with one attached hydrogen (secondary N) is 1. The number of halogens is 1. The van der Waals surface area contributed by atoms with Crippen molar-refractivity contribution in [2.75, 3.05) is 5.32 Å². The van der Waals surface area contributed by atoms with E-state index >= 15 is 0 Å². The number of carbonyl (C=O) groups is 2. The molecule has 1 amide bonds. The second-order valence-corrected chi connectivity index (χ2v) is 4.06. The van der Waals surface area contributed by atoms with Crippen LogP contribution in [0.3, 0.4) is 0 Å². The second kappa shape index (κ2) is 5.49. The van der Waals surface area contributed by atoms with Crippen LogP contribution < -0.4 is 5.32 Å². The van der Waals surface area contributed by atoms with Crippen LogP contribution in [-0.2, 0) is 11.3 Å². The molecule has 0 unspecified atom stereocenters. The van der Waals surface area contributed by atoms with Crippen LogP contribution in [0, 0.1) is 0 Å². The lowest BCUT2D eigenvalue weighted by atomic mass is 10.2. The highest BCUT2D eigenvalue weighted by Crippen LogP contribution is 2.20. The molecule has 0 aliphatic rings. The van der Waals surface area contributed by atoms with Crippen molar-refractivity contribution in [3.05, 3.63) is 41.2 Å². The van der Waals surface area contributed by atoms with Gasteiger partial charge in [0.2, 0.25) is 5.91 Å². The number of hydrogen-bond donors (Lipinski definition) is 2. The molecule has 0 aliphatic carbocycles. The highest BCUT2D eigenvalue weighted by molar-refractivity contribution is 6.33. The number of nitrogens with zero attached hydrogens (tertiary/aromatic N) is 3. The number of anilines is 1. The summed E-state index contributed by atoms with van der Waals surface area (Å²) in [7, 11) is 0. The third kappa shape index (κ3) is 3.29. The van der Waals surface area contributed by atoms with Gasteiger partial charge in [0, 0.05) is 11.9 Å². The number of carbonyl (C=O) groups excluding carboxylic acids is 1. The van der Waals surface area contributed by atoms with Crippen LogP contribution in [0.25, 0.3) is 0 Å². The Balaban J connectivity index is 2.05. The van der Waals surface area contributed by atoms with Crippen molar-refractivity contribution in [3.63, 3.8) is 0 Å². The first kappa shape index (κ1) is 13.0. The molecule has 7 nitrogen and oxygen atoms in total. The third-order valence-corrected chi connectivity index (χ3v) is 2.57. The highest BCUT2D eigenvalue weighted by Gasteiger charge is 2.10. The van der Waals surface area contributed by atoms with Crippen LogP contribution in [0.1, 0.15) is 10.4 Å². The van der Waals surface area contributed by atoms with Crippen molar-refractivity contribution in [3.8, 4) is 0 Å². The summed E-state index contributed by atoms with van der Waals surface area (Å²) in [5.74, 6) is -1.44. The molecule has 2 aromatic rings. The first-order valence-electron chi connectivity index (χ1n) is 5.23. The van der Waals surface area contributed by atoms with Gasteiger partial charge < -0.3 is 10.4 Å². The molecule has 8 heteroatoms. The van der Waals surface area contributed by atoms with Crippen molar-refractivity contribution in [2.24, 2.45) is 0 Å². The molecular weight excluding hydrogens is 272 g/mol. The summed E-state index contributed by atoms with van der Waals surface area (Å²) in [4.78, 5) is 22.4. The van der Waals surface area contributed by atoms with Gasteiger partial charge >= 0.3 is 5.97 Å². The first-order valence-corrected chi connectivity index (χ1v) is 5.61. The fourth-order valence-electron chi connectivity index (χ4n) is 1.43. The summed E-state index contributed by atoms with van der Waals surface area (Å²) in [6.45, 7) is 0.0122. The van der Waals surface area contributed by atoms with Gasteiger partial charge in [-0.2, -0.15) is 0 Å². The normalized spacial score (nSPS) is 10.2. The van der Waals surface area contributed by atoms with Gasteiger partial charge in [-0.1, -0.05) is 16.8 Å². The van der Waals surface area contributed by atoms with E-state index in [0.29, 0.717) is 5.69 Å². The standard InChI is InChI=1S/C11H9ClN4O3/c12-9-5-7(1-2-8(9)11(18)19)14-10(17)6-16-4-3-13-15-16/h1-5H,6H2,(H,14,17)(H,18,19). The van der Waals surface area contributed by atoms with Crippen molar-refractivity contribution in [2.45, 2.75) is 6.54 Å². The zero-order valence-corrected chi connectivity index (χ0v) is 10.3. The van der Waals surface area contributed by atoms with Crippen LogP contribution in [0.5, 0.6) is 0 Å². The Morgan fingerprint density at radius 3 is 2.79 bits per heavy atom. The molecule has 0 atom stereocenters. The topological polar surface area (TPSA) is 97.1 Å². The molecule has 0 spiro atoms. The lowest BCUT2D eigenvalue weighted by Gasteiger charge is -2.06. The molecule has 0 saturated carbocycles. The van der Waals surface area contributed by atoms with E-state index < -0.39 is 5.97 Å². The van der Waals surface area contributed by atoms with Crippen molar-refractivity contribution in [1.29, 1.82) is 0 Å². The zero-order chi connectivity index (χ0) is 13.8. The van der Waals surface area contributed by atoms with Gasteiger partial charge in [-0.25, -0.2) is 9.48 Å². The molecule has 1 heterocycles. The highest BCUT2D eigenvalue weighted by atomic mass is 35.5. The lowest BCUT2D eigenvalue weighted by Crippen LogP contribution is -2.19. The Labute approximate surface area is 112 Å². The fourth-order valence-corrected chi connectivity index (χ4v) is 1.69. The van der Waals surface area contributed by atoms with Gasteiger partial charge in [0.05, 0.1) is 16.8 Å². The van der Waals surface area contributed by atoms with E-state index in [9.17, 15) is 9.59 Å². The summed E-state index contributed by atoms with van der Waals surface area (Å²) in [6.07, 6.45) is 3.02. The van der Waals surface area contributed by atoms with Gasteiger partial charge in [0.25, 0.3) is 0 Å². The van der Waals surface area contributed by atoms with Crippen LogP contribution in [0.2, 0.25) is 5.02 Å². The van der Waals surface area contributed by atoms with Crippen molar-refractivity contribution < 1.29 is 14.7 Å². The molecule has 1 aromatic heterocycles. The van der Waals surface area contributed by atoms with E-state index in [4.69, 9.17) is 16.7 Å². The van der Waals surface area contributed by atoms with Crippen molar-refractivity contribution >= 4 is 29.2 Å². The summed E-state index contributed by atoms with van der Waals surface area (Å²) in [5, 5.41) is 18.7. The Hall–Kier alpha value is -2.41. The molecule has 0 saturated heterocycles. The van der Waals surface area contributed by atoms with E-state index in [-0.39, 0.29) is 23.0 Å². The first-order chi connectivity index (χ1) is 9.06. The summed E-state index contributed by atoms with van der Waals surface area (Å²) < 4.78 is 1.36. The maximum atomic E-state index is 11.7. The second-order valence-electron chi connectivity index (χ2n) is 3.65. The summed E-state index contributed by atoms with van der Waals surface area (Å²) >= 11 is 5.79. The van der Waals surface area contributed by atoms with Crippen LogP contribution >= 0.6 is 11.6 Å². The average Bonchev–Trinajstić information content (AvgIpc) is 2.81. The van der Waals surface area contributed by atoms with E-state index in [1.807, 2.05) is 0 Å². The molecule has 0 aliphatic heterocycles. The predicted molar refractivity (Wildman–Crippen MR) is 67.1 cm³/mol. The predicted octanol–water partition coefficient (Wildman–Crippen LogP) is 1.27. The maximum Gasteiger partial charge on any atom is 0.337 e. The van der Waals surface area contributed by atoms with Gasteiger partial charge in [-0.3, -0.25) is 4.79 Å². The van der Waals surface area contributed by atoms with E-state index in [1.165, 1.54) is 29.1 Å². The summed E-state index contributed by atoms with van der Waals surface area (Å²) in [6, 6.07) is 4.18. The molecule has 1 aromatic carbocycles. The minimum Gasteiger partial charge on any atom is -0.478 e. The molecular formula is C11H9ClN4O3. The molecule has 2 rings (SSSR count). The van der Waals surface area contributed by atoms with Crippen LogP contribution in [0.15, 0.2) is 30.6 Å².